The Hall–Kier alpha value is -3.10. The summed E-state index contributed by atoms with van der Waals surface area (Å²) in [6.45, 7) is 2.39. The Morgan fingerprint density at radius 3 is 2.41 bits per heavy atom. The van der Waals surface area contributed by atoms with Crippen LogP contribution in [0.4, 0.5) is 0 Å². The van der Waals surface area contributed by atoms with Crippen LogP contribution < -0.4 is 14.2 Å². The van der Waals surface area contributed by atoms with Gasteiger partial charge in [-0.1, -0.05) is 36.4 Å². The summed E-state index contributed by atoms with van der Waals surface area (Å²) in [6.07, 6.45) is 4.78. The van der Waals surface area contributed by atoms with E-state index in [1.807, 2.05) is 60.5 Å². The van der Waals surface area contributed by atoms with Crippen molar-refractivity contribution in [1.82, 2.24) is 9.62 Å². The predicted octanol–water partition coefficient (Wildman–Crippen LogP) is 3.88. The Morgan fingerprint density at radius 2 is 1.76 bits per heavy atom. The maximum atomic E-state index is 13.2. The smallest absolute Gasteiger partial charge is 0.238 e. The number of carbonyl (C=O) groups is 1. The molecule has 2 unspecified atom stereocenters. The average molecular weight is 483 g/mol. The average Bonchev–Trinajstić information content (AvgIpc) is 3.14. The van der Waals surface area contributed by atoms with Gasteiger partial charge in [-0.15, -0.1) is 0 Å². The monoisotopic (exact) mass is 482 g/mol. The number of nitrogens with one attached hydrogen (secondary N) is 1. The third-order valence-electron chi connectivity index (χ3n) is 6.63. The summed E-state index contributed by atoms with van der Waals surface area (Å²) in [5.74, 6) is 0.375. The maximum absolute atomic E-state index is 13.2. The largest absolute Gasteiger partial charge is 0.493 e. The Kier molecular flexibility index (Phi) is 6.81. The molecule has 1 N–H and O–H groups in total. The van der Waals surface area contributed by atoms with Gasteiger partial charge in [0.25, 0.3) is 0 Å². The predicted molar refractivity (Wildman–Crippen MR) is 131 cm³/mol. The number of rotatable bonds is 8. The van der Waals surface area contributed by atoms with Gasteiger partial charge in [0, 0.05) is 35.8 Å². The van der Waals surface area contributed by atoms with Crippen LogP contribution in [0.15, 0.2) is 65.3 Å². The SMILES string of the molecule is CNS(=O)(=O)C1=C(C)N(Cc2ccccc2)C=CC1CC1Cc2cc(OC)c(OC)cc2C1=O. The topological polar surface area (TPSA) is 84.9 Å². The first-order chi connectivity index (χ1) is 16.3. The Morgan fingerprint density at radius 1 is 1.09 bits per heavy atom. The fourth-order valence-corrected chi connectivity index (χ4v) is 6.15. The van der Waals surface area contributed by atoms with Crippen LogP contribution in [0.3, 0.4) is 0 Å². The van der Waals surface area contributed by atoms with E-state index in [1.165, 1.54) is 14.2 Å². The lowest BCUT2D eigenvalue weighted by molar-refractivity contribution is 0.0925. The van der Waals surface area contributed by atoms with Gasteiger partial charge in [-0.3, -0.25) is 4.79 Å². The van der Waals surface area contributed by atoms with Gasteiger partial charge in [0.05, 0.1) is 19.1 Å². The normalized spacial score (nSPS) is 20.0. The number of ether oxygens (including phenoxy) is 2. The van der Waals surface area contributed by atoms with Crippen molar-refractivity contribution >= 4 is 15.8 Å². The van der Waals surface area contributed by atoms with Gasteiger partial charge in [0.15, 0.2) is 17.3 Å². The summed E-state index contributed by atoms with van der Waals surface area (Å²) < 4.78 is 39.3. The number of nitrogens with zero attached hydrogens (tertiary/aromatic N) is 1. The van der Waals surface area contributed by atoms with E-state index in [4.69, 9.17) is 9.47 Å². The molecule has 0 spiro atoms. The highest BCUT2D eigenvalue weighted by Gasteiger charge is 2.38. The summed E-state index contributed by atoms with van der Waals surface area (Å²) in [5, 5.41) is 0. The fraction of sp³-hybridized carbons (Fsp3) is 0.346. The number of hydrogen-bond donors (Lipinski definition) is 1. The standard InChI is InChI=1S/C26H30N2O5S/c1-17-26(34(30,31)27-2)19(10-11-28(17)16-18-8-6-5-7-9-18)12-21-13-20-14-23(32-3)24(33-4)15-22(20)25(21)29/h5-11,14-15,19,21,27H,12-13,16H2,1-4H3. The number of Topliss-reactive ketones (excluding diaryl/α,β-unsaturated/α-hetero) is 1. The van der Waals surface area contributed by atoms with Gasteiger partial charge in [0.2, 0.25) is 10.0 Å². The molecule has 1 aliphatic carbocycles. The molecule has 2 atom stereocenters. The third kappa shape index (κ3) is 4.48. The Balaban J connectivity index is 1.62. The molecular weight excluding hydrogens is 452 g/mol. The van der Waals surface area contributed by atoms with E-state index in [2.05, 4.69) is 4.72 Å². The van der Waals surface area contributed by atoms with Gasteiger partial charge >= 0.3 is 0 Å². The molecule has 0 fully saturated rings. The highest BCUT2D eigenvalue weighted by Crippen LogP contribution is 2.41. The van der Waals surface area contributed by atoms with Gasteiger partial charge in [-0.25, -0.2) is 13.1 Å². The van der Waals surface area contributed by atoms with E-state index in [1.54, 1.807) is 13.2 Å². The van der Waals surface area contributed by atoms with Gasteiger partial charge in [-0.2, -0.15) is 0 Å². The van der Waals surface area contributed by atoms with Crippen molar-refractivity contribution in [2.75, 3.05) is 21.3 Å². The first-order valence-electron chi connectivity index (χ1n) is 11.2. The molecule has 0 radical (unpaired) electrons. The van der Waals surface area contributed by atoms with Crippen LogP contribution in [-0.4, -0.2) is 40.4 Å². The molecule has 2 aromatic carbocycles. The number of hydrogen-bond acceptors (Lipinski definition) is 6. The fourth-order valence-electron chi connectivity index (χ4n) is 4.85. The second kappa shape index (κ2) is 9.64. The van der Waals surface area contributed by atoms with Crippen LogP contribution in [0.5, 0.6) is 11.5 Å². The Bertz CT molecular complexity index is 1250. The van der Waals surface area contributed by atoms with Gasteiger partial charge < -0.3 is 14.4 Å². The zero-order chi connectivity index (χ0) is 24.5. The molecule has 4 rings (SSSR count). The minimum atomic E-state index is -3.71. The van der Waals surface area contributed by atoms with Crippen LogP contribution in [0, 0.1) is 11.8 Å². The van der Waals surface area contributed by atoms with Crippen LogP contribution in [0.1, 0.15) is 34.8 Å². The van der Waals surface area contributed by atoms with Crippen molar-refractivity contribution in [1.29, 1.82) is 0 Å². The lowest BCUT2D eigenvalue weighted by atomic mass is 9.89. The molecule has 0 saturated carbocycles. The molecule has 2 aromatic rings. The number of fused-ring (bicyclic) bond motifs is 1. The molecule has 0 bridgehead atoms. The van der Waals surface area contributed by atoms with E-state index in [9.17, 15) is 13.2 Å². The Labute approximate surface area is 201 Å². The lowest BCUT2D eigenvalue weighted by Gasteiger charge is -2.32. The summed E-state index contributed by atoms with van der Waals surface area (Å²) in [6, 6.07) is 13.5. The summed E-state index contributed by atoms with van der Waals surface area (Å²) in [7, 11) is 0.815. The lowest BCUT2D eigenvalue weighted by Crippen LogP contribution is -2.32. The quantitative estimate of drug-likeness (QED) is 0.615. The second-order valence-electron chi connectivity index (χ2n) is 8.58. The summed E-state index contributed by atoms with van der Waals surface area (Å²) >= 11 is 0. The number of allylic oxidation sites excluding steroid dienone is 3. The van der Waals surface area contributed by atoms with Crippen LogP contribution >= 0.6 is 0 Å². The van der Waals surface area contributed by atoms with Crippen LogP contribution in [0.2, 0.25) is 0 Å². The number of ketones is 1. The molecule has 1 heterocycles. The molecule has 1 aliphatic heterocycles. The molecule has 0 amide bonds. The molecule has 8 heteroatoms. The molecule has 7 nitrogen and oxygen atoms in total. The number of benzene rings is 2. The second-order valence-corrected chi connectivity index (χ2v) is 10.4. The van der Waals surface area contributed by atoms with Crippen molar-refractivity contribution in [2.45, 2.75) is 26.3 Å². The van der Waals surface area contributed by atoms with Crippen molar-refractivity contribution in [2.24, 2.45) is 11.8 Å². The van der Waals surface area contributed by atoms with Crippen LogP contribution in [0.25, 0.3) is 0 Å². The minimum Gasteiger partial charge on any atom is -0.493 e. The van der Waals surface area contributed by atoms with Crippen molar-refractivity contribution < 1.29 is 22.7 Å². The third-order valence-corrected chi connectivity index (χ3v) is 8.34. The van der Waals surface area contributed by atoms with Crippen LogP contribution in [-0.2, 0) is 23.0 Å². The van der Waals surface area contributed by atoms with E-state index in [-0.39, 0.29) is 11.7 Å². The first-order valence-corrected chi connectivity index (χ1v) is 12.7. The molecule has 0 saturated heterocycles. The van der Waals surface area contributed by atoms with E-state index >= 15 is 0 Å². The molecule has 0 aromatic heterocycles. The van der Waals surface area contributed by atoms with E-state index in [0.717, 1.165) is 11.1 Å². The number of methoxy groups -OCH3 is 2. The molecular formula is C26H30N2O5S. The van der Waals surface area contributed by atoms with E-state index in [0.29, 0.717) is 47.1 Å². The van der Waals surface area contributed by atoms with E-state index < -0.39 is 15.9 Å². The zero-order valence-corrected chi connectivity index (χ0v) is 20.7. The minimum absolute atomic E-state index is 0.00919. The van der Waals surface area contributed by atoms with Crippen molar-refractivity contribution in [3.63, 3.8) is 0 Å². The molecule has 2 aliphatic rings. The highest BCUT2D eigenvalue weighted by atomic mass is 32.2. The summed E-state index contributed by atoms with van der Waals surface area (Å²) in [4.78, 5) is 15.5. The molecule has 34 heavy (non-hydrogen) atoms. The maximum Gasteiger partial charge on any atom is 0.238 e. The first kappa shape index (κ1) is 24.0. The summed E-state index contributed by atoms with van der Waals surface area (Å²) in [5.41, 5.74) is 3.26. The van der Waals surface area contributed by atoms with Crippen molar-refractivity contribution in [3.8, 4) is 11.5 Å². The molecule has 180 valence electrons. The van der Waals surface area contributed by atoms with Crippen molar-refractivity contribution in [3.05, 3.63) is 82.0 Å². The van der Waals surface area contributed by atoms with Gasteiger partial charge in [0.1, 0.15) is 0 Å². The highest BCUT2D eigenvalue weighted by molar-refractivity contribution is 7.93. The van der Waals surface area contributed by atoms with Gasteiger partial charge in [-0.05, 0) is 50.1 Å². The zero-order valence-electron chi connectivity index (χ0n) is 19.9. The number of carbonyl (C=O) groups excluding carboxylic acids is 1. The number of sulfonamides is 1.